The van der Waals surface area contributed by atoms with Gasteiger partial charge in [0.05, 0.1) is 43.3 Å². The number of hydrogen-bond donors (Lipinski definition) is 10. The Labute approximate surface area is 242 Å². The van der Waals surface area contributed by atoms with Gasteiger partial charge in [0.1, 0.15) is 18.3 Å². The zero-order valence-corrected chi connectivity index (χ0v) is 25.1. The smallest absolute Gasteiger partial charge is 0.337 e. The molecule has 0 radical (unpaired) electrons. The quantitative estimate of drug-likeness (QED) is 0.116. The van der Waals surface area contributed by atoms with Gasteiger partial charge in [-0.1, -0.05) is 0 Å². The van der Waals surface area contributed by atoms with Crippen molar-refractivity contribution in [3.63, 3.8) is 0 Å². The number of aromatic carboxylic acids is 1. The van der Waals surface area contributed by atoms with E-state index in [1.165, 1.54) is 6.92 Å². The van der Waals surface area contributed by atoms with Crippen molar-refractivity contribution >= 4 is 91.2 Å². The first kappa shape index (κ1) is 34.5. The fourth-order valence-electron chi connectivity index (χ4n) is 2.49. The summed E-state index contributed by atoms with van der Waals surface area (Å²) in [4.78, 5) is 35.0. The fourth-order valence-corrected chi connectivity index (χ4v) is 6.88. The lowest BCUT2D eigenvalue weighted by Crippen LogP contribution is -2.48. The molecule has 0 saturated heterocycles. The third-order valence-corrected chi connectivity index (χ3v) is 7.43. The van der Waals surface area contributed by atoms with Gasteiger partial charge >= 0.3 is 5.97 Å². The molecule has 0 aromatic heterocycles. The SMILES string of the molecule is CC(=O)Nc1c(I)c(C(=O)O)c(I)c(C(=O)NCCO)c1I.CNCC(O)C(O)C(O)C(O)CO. The first-order chi connectivity index (χ1) is 16.3. The second-order valence-corrected chi connectivity index (χ2v) is 10.1. The van der Waals surface area contributed by atoms with Crippen molar-refractivity contribution in [3.05, 3.63) is 21.8 Å². The zero-order valence-electron chi connectivity index (χ0n) is 18.6. The van der Waals surface area contributed by atoms with E-state index in [-0.39, 0.29) is 40.3 Å². The Hall–Kier alpha value is -0.460. The molecule has 10 N–H and O–H groups in total. The van der Waals surface area contributed by atoms with Crippen molar-refractivity contribution in [1.29, 1.82) is 0 Å². The molecule has 1 aromatic carbocycles. The fraction of sp³-hybridized carbons (Fsp3) is 0.526. The molecule has 4 atom stereocenters. The molecule has 13 nitrogen and oxygen atoms in total. The van der Waals surface area contributed by atoms with E-state index in [0.717, 1.165) is 0 Å². The molecule has 0 aliphatic heterocycles. The van der Waals surface area contributed by atoms with Crippen LogP contribution in [0.15, 0.2) is 0 Å². The lowest BCUT2D eigenvalue weighted by Gasteiger charge is -2.25. The first-order valence-electron chi connectivity index (χ1n) is 9.84. The second kappa shape index (κ2) is 17.1. The van der Waals surface area contributed by atoms with Crippen LogP contribution in [0, 0.1) is 10.7 Å². The summed E-state index contributed by atoms with van der Waals surface area (Å²) in [6, 6.07) is 0. The molecule has 35 heavy (non-hydrogen) atoms. The molecular weight excluding hydrogens is 811 g/mol. The van der Waals surface area contributed by atoms with Crippen LogP contribution in [0.1, 0.15) is 27.6 Å². The highest BCUT2D eigenvalue weighted by atomic mass is 127. The van der Waals surface area contributed by atoms with Crippen LogP contribution < -0.4 is 16.0 Å². The molecule has 0 saturated carbocycles. The number of carboxylic acids is 1. The van der Waals surface area contributed by atoms with Gasteiger partial charge in [0, 0.05) is 23.6 Å². The summed E-state index contributed by atoms with van der Waals surface area (Å²) in [6.45, 7) is 0.555. The molecule has 0 heterocycles. The van der Waals surface area contributed by atoms with E-state index in [1.807, 2.05) is 45.2 Å². The molecule has 16 heteroatoms. The highest BCUT2D eigenvalue weighted by Crippen LogP contribution is 2.35. The van der Waals surface area contributed by atoms with E-state index in [1.54, 1.807) is 29.6 Å². The lowest BCUT2D eigenvalue weighted by atomic mass is 10.0. The molecular formula is C19H28I3N3O10. The number of carboxylic acid groups (broad SMARTS) is 1. The third-order valence-electron chi connectivity index (χ3n) is 4.19. The van der Waals surface area contributed by atoms with E-state index in [9.17, 15) is 24.6 Å². The van der Waals surface area contributed by atoms with E-state index < -0.39 is 42.9 Å². The maximum atomic E-state index is 12.2. The average Bonchev–Trinajstić information content (AvgIpc) is 2.79. The number of hydrogen-bond acceptors (Lipinski definition) is 10. The molecule has 0 spiro atoms. The summed E-state index contributed by atoms with van der Waals surface area (Å²) in [6.07, 6.45) is -5.65. The number of aliphatic hydroxyl groups excluding tert-OH is 6. The molecule has 1 rings (SSSR count). The van der Waals surface area contributed by atoms with Crippen molar-refractivity contribution in [2.24, 2.45) is 0 Å². The van der Waals surface area contributed by atoms with E-state index in [4.69, 9.17) is 25.5 Å². The van der Waals surface area contributed by atoms with Crippen LogP contribution in [-0.4, -0.2) is 111 Å². The molecule has 2 amide bonds. The number of nitrogens with one attached hydrogen (secondary N) is 3. The molecule has 0 aliphatic carbocycles. The Morgan fingerprint density at radius 3 is 1.83 bits per heavy atom. The van der Waals surface area contributed by atoms with Gasteiger partial charge in [-0.25, -0.2) is 4.79 Å². The van der Waals surface area contributed by atoms with Crippen LogP contribution >= 0.6 is 67.8 Å². The summed E-state index contributed by atoms with van der Waals surface area (Å²) in [5.74, 6) is -2.06. The molecule has 0 fully saturated rings. The number of rotatable bonds is 11. The number of anilines is 1. The number of benzene rings is 1. The van der Waals surface area contributed by atoms with Gasteiger partial charge in [-0.3, -0.25) is 9.59 Å². The number of halogens is 3. The normalized spacial score (nSPS) is 14.1. The van der Waals surface area contributed by atoms with Crippen molar-refractivity contribution < 1.29 is 50.1 Å². The van der Waals surface area contributed by atoms with Crippen LogP contribution in [0.4, 0.5) is 5.69 Å². The number of aliphatic hydroxyl groups is 6. The van der Waals surface area contributed by atoms with Crippen molar-refractivity contribution in [2.75, 3.05) is 38.7 Å². The number of carbonyl (C=O) groups excluding carboxylic acids is 2. The summed E-state index contributed by atoms with van der Waals surface area (Å²) in [5.41, 5.74) is 0.413. The van der Waals surface area contributed by atoms with Gasteiger partial charge in [0.2, 0.25) is 5.91 Å². The minimum atomic E-state index is -1.55. The van der Waals surface area contributed by atoms with Gasteiger partial charge < -0.3 is 51.7 Å². The number of amides is 2. The number of carbonyl (C=O) groups is 3. The molecule has 0 aliphatic rings. The minimum absolute atomic E-state index is 0.0421. The number of likely N-dealkylation sites (N-methyl/N-ethyl adjacent to an activating group) is 1. The highest BCUT2D eigenvalue weighted by molar-refractivity contribution is 14.1. The van der Waals surface area contributed by atoms with Gasteiger partial charge in [-0.15, -0.1) is 0 Å². The monoisotopic (exact) mass is 839 g/mol. The Morgan fingerprint density at radius 1 is 0.886 bits per heavy atom. The Kier molecular flexibility index (Phi) is 16.9. The van der Waals surface area contributed by atoms with Gasteiger partial charge in [0.25, 0.3) is 5.91 Å². The maximum Gasteiger partial charge on any atom is 0.337 e. The lowest BCUT2D eigenvalue weighted by molar-refractivity contribution is -0.114. The van der Waals surface area contributed by atoms with Crippen molar-refractivity contribution in [1.82, 2.24) is 10.6 Å². The second-order valence-electron chi connectivity index (χ2n) is 6.89. The van der Waals surface area contributed by atoms with Crippen LogP contribution in [0.5, 0.6) is 0 Å². The minimum Gasteiger partial charge on any atom is -0.478 e. The van der Waals surface area contributed by atoms with E-state index in [0.29, 0.717) is 12.8 Å². The average molecular weight is 839 g/mol. The predicted octanol–water partition coefficient (Wildman–Crippen LogP) is -1.48. The third kappa shape index (κ3) is 10.4. The van der Waals surface area contributed by atoms with Gasteiger partial charge in [-0.05, 0) is 74.8 Å². The summed E-state index contributed by atoms with van der Waals surface area (Å²) in [7, 11) is 1.57. The van der Waals surface area contributed by atoms with Crippen molar-refractivity contribution in [3.8, 4) is 0 Å². The summed E-state index contributed by atoms with van der Waals surface area (Å²) in [5, 5.41) is 70.7. The van der Waals surface area contributed by atoms with Crippen LogP contribution in [0.3, 0.4) is 0 Å². The van der Waals surface area contributed by atoms with Crippen LogP contribution in [0.2, 0.25) is 0 Å². The first-order valence-corrected chi connectivity index (χ1v) is 13.1. The Balaban J connectivity index is 0.000000761. The van der Waals surface area contributed by atoms with Crippen LogP contribution in [0.25, 0.3) is 0 Å². The molecule has 1 aromatic rings. The molecule has 0 bridgehead atoms. The van der Waals surface area contributed by atoms with Gasteiger partial charge in [0.15, 0.2) is 0 Å². The van der Waals surface area contributed by atoms with Crippen LogP contribution in [-0.2, 0) is 4.79 Å². The van der Waals surface area contributed by atoms with Crippen molar-refractivity contribution in [2.45, 2.75) is 31.3 Å². The standard InChI is InChI=1S/C12H11I3N2O5.C7H17NO5/c1-4(19)17-10-8(14)5(11(20)16-2-3-18)7(13)6(9(10)15)12(21)22;1-8-2-4(10)6(12)7(13)5(11)3-9/h18H,2-3H2,1H3,(H,16,20)(H,17,19)(H,21,22);4-13H,2-3H2,1H3. The predicted molar refractivity (Wildman–Crippen MR) is 150 cm³/mol. The van der Waals surface area contributed by atoms with Gasteiger partial charge in [-0.2, -0.15) is 0 Å². The zero-order chi connectivity index (χ0) is 27.5. The maximum absolute atomic E-state index is 12.2. The van der Waals surface area contributed by atoms with E-state index in [2.05, 4.69) is 16.0 Å². The topological polar surface area (TPSA) is 229 Å². The molecule has 200 valence electrons. The molecule has 4 unspecified atom stereocenters. The Morgan fingerprint density at radius 2 is 1.40 bits per heavy atom. The highest BCUT2D eigenvalue weighted by Gasteiger charge is 2.29. The summed E-state index contributed by atoms with van der Waals surface area (Å²) < 4.78 is 1.08. The van der Waals surface area contributed by atoms with E-state index >= 15 is 0 Å². The summed E-state index contributed by atoms with van der Waals surface area (Å²) >= 11 is 5.52. The largest absolute Gasteiger partial charge is 0.478 e. The Bertz CT molecular complexity index is 890.